The molecule has 4 aromatic rings. The van der Waals surface area contributed by atoms with Gasteiger partial charge in [0, 0.05) is 36.7 Å². The molecule has 1 N–H and O–H groups in total. The van der Waals surface area contributed by atoms with Crippen molar-refractivity contribution >= 4 is 5.52 Å². The van der Waals surface area contributed by atoms with Crippen LogP contribution in [0.15, 0.2) is 43.2 Å². The highest BCUT2D eigenvalue weighted by molar-refractivity contribution is 5.78. The molecule has 0 saturated heterocycles. The first kappa shape index (κ1) is 18.1. The summed E-state index contributed by atoms with van der Waals surface area (Å²) >= 11 is 0. The fourth-order valence-electron chi connectivity index (χ4n) is 4.29. The molecule has 4 aromatic heterocycles. The summed E-state index contributed by atoms with van der Waals surface area (Å²) in [5.74, 6) is 0.654. The van der Waals surface area contributed by atoms with E-state index in [2.05, 4.69) is 33.1 Å². The van der Waals surface area contributed by atoms with Gasteiger partial charge in [0.25, 0.3) is 0 Å². The van der Waals surface area contributed by atoms with E-state index in [4.69, 9.17) is 10.1 Å². The summed E-state index contributed by atoms with van der Waals surface area (Å²) in [6.45, 7) is 3.14. The summed E-state index contributed by atoms with van der Waals surface area (Å²) < 4.78 is 5.80. The number of aliphatic hydroxyl groups is 1. The number of aryl methyl sites for hydroxylation is 1. The molecule has 0 amide bonds. The molecule has 0 radical (unpaired) electrons. The van der Waals surface area contributed by atoms with Gasteiger partial charge in [-0.2, -0.15) is 15.3 Å². The molecular weight excluding hydrogens is 366 g/mol. The molecule has 0 aliphatic heterocycles. The number of fused-ring (bicyclic) bond motifs is 1. The van der Waals surface area contributed by atoms with Crippen LogP contribution in [0.3, 0.4) is 0 Å². The monoisotopic (exact) mass is 391 g/mol. The highest BCUT2D eigenvalue weighted by atomic mass is 16.3. The minimum atomic E-state index is 0.153. The summed E-state index contributed by atoms with van der Waals surface area (Å²) in [5, 5.41) is 22.5. The number of nitrogens with zero attached hydrogens (tertiary/aromatic N) is 7. The van der Waals surface area contributed by atoms with E-state index in [0.717, 1.165) is 28.0 Å². The van der Waals surface area contributed by atoms with E-state index >= 15 is 0 Å². The van der Waals surface area contributed by atoms with Crippen LogP contribution in [0.4, 0.5) is 0 Å². The smallest absolute Gasteiger partial charge is 0.0999 e. The maximum absolute atomic E-state index is 9.03. The van der Waals surface area contributed by atoms with Crippen molar-refractivity contribution < 1.29 is 5.11 Å². The lowest BCUT2D eigenvalue weighted by Gasteiger charge is -2.15. The van der Waals surface area contributed by atoms with Gasteiger partial charge < -0.3 is 5.11 Å². The topological polar surface area (TPSA) is 86.1 Å². The first-order chi connectivity index (χ1) is 14.2. The molecule has 1 aliphatic carbocycles. The van der Waals surface area contributed by atoms with Crippen molar-refractivity contribution in [3.05, 3.63) is 43.2 Å². The molecule has 0 spiro atoms. The largest absolute Gasteiger partial charge is 0.396 e. The normalized spacial score (nSPS) is 19.4. The first-order valence-corrected chi connectivity index (χ1v) is 10.3. The predicted molar refractivity (Wildman–Crippen MR) is 109 cm³/mol. The number of rotatable bonds is 6. The average Bonchev–Trinajstić information content (AvgIpc) is 3.51. The fourth-order valence-corrected chi connectivity index (χ4v) is 4.29. The molecule has 2 atom stereocenters. The summed E-state index contributed by atoms with van der Waals surface area (Å²) in [5.41, 5.74) is 4.58. The van der Waals surface area contributed by atoms with Crippen LogP contribution in [-0.2, 0) is 6.54 Å². The lowest BCUT2D eigenvalue weighted by molar-refractivity contribution is 0.277. The highest BCUT2D eigenvalue weighted by Gasteiger charge is 2.26. The molecule has 0 aromatic carbocycles. The Morgan fingerprint density at radius 2 is 1.97 bits per heavy atom. The molecule has 8 nitrogen and oxygen atoms in total. The molecule has 150 valence electrons. The Labute approximate surface area is 168 Å². The van der Waals surface area contributed by atoms with Gasteiger partial charge in [-0.3, -0.25) is 9.36 Å². The van der Waals surface area contributed by atoms with Gasteiger partial charge in [0.15, 0.2) is 0 Å². The maximum atomic E-state index is 9.03. The molecule has 2 unspecified atom stereocenters. The van der Waals surface area contributed by atoms with Crippen molar-refractivity contribution in [1.82, 2.24) is 34.2 Å². The van der Waals surface area contributed by atoms with E-state index in [0.29, 0.717) is 24.9 Å². The summed E-state index contributed by atoms with van der Waals surface area (Å²) in [6, 6.07) is 2.45. The predicted octanol–water partition coefficient (Wildman–Crippen LogP) is 3.20. The van der Waals surface area contributed by atoms with Gasteiger partial charge in [0.1, 0.15) is 0 Å². The van der Waals surface area contributed by atoms with Crippen LogP contribution in [0.1, 0.15) is 38.6 Å². The van der Waals surface area contributed by atoms with Crippen molar-refractivity contribution in [3.8, 4) is 22.5 Å². The maximum Gasteiger partial charge on any atom is 0.0999 e. The number of aliphatic hydroxyl groups excluding tert-OH is 1. The van der Waals surface area contributed by atoms with Crippen molar-refractivity contribution in [1.29, 1.82) is 0 Å². The van der Waals surface area contributed by atoms with Crippen molar-refractivity contribution in [3.63, 3.8) is 0 Å². The van der Waals surface area contributed by atoms with Gasteiger partial charge in [-0.1, -0.05) is 13.3 Å². The molecule has 1 fully saturated rings. The number of hydrogen-bond donors (Lipinski definition) is 1. The van der Waals surface area contributed by atoms with Crippen molar-refractivity contribution in [2.75, 3.05) is 6.61 Å². The van der Waals surface area contributed by atoms with Crippen LogP contribution in [0.25, 0.3) is 28.0 Å². The fraction of sp³-hybridized carbons (Fsp3) is 0.429. The summed E-state index contributed by atoms with van der Waals surface area (Å²) in [6.07, 6.45) is 15.9. The Hall–Kier alpha value is -3.00. The van der Waals surface area contributed by atoms with Gasteiger partial charge in [-0.15, -0.1) is 0 Å². The zero-order valence-electron chi connectivity index (χ0n) is 16.5. The third-order valence-electron chi connectivity index (χ3n) is 5.90. The molecular formula is C21H25N7O. The lowest BCUT2D eigenvalue weighted by atomic mass is 10.1. The van der Waals surface area contributed by atoms with Crippen LogP contribution in [0.5, 0.6) is 0 Å². The molecule has 8 heteroatoms. The molecule has 0 bridgehead atoms. The van der Waals surface area contributed by atoms with E-state index in [9.17, 15) is 0 Å². The van der Waals surface area contributed by atoms with Gasteiger partial charge in [-0.05, 0) is 31.2 Å². The first-order valence-electron chi connectivity index (χ1n) is 10.3. The second-order valence-corrected chi connectivity index (χ2v) is 7.89. The zero-order chi connectivity index (χ0) is 19.8. The van der Waals surface area contributed by atoms with Gasteiger partial charge in [0.2, 0.25) is 0 Å². The molecule has 1 saturated carbocycles. The van der Waals surface area contributed by atoms with Crippen LogP contribution in [-0.4, -0.2) is 45.9 Å². The molecule has 29 heavy (non-hydrogen) atoms. The van der Waals surface area contributed by atoms with Crippen molar-refractivity contribution in [2.24, 2.45) is 5.92 Å². The van der Waals surface area contributed by atoms with E-state index in [1.807, 2.05) is 40.1 Å². The Morgan fingerprint density at radius 3 is 2.79 bits per heavy atom. The van der Waals surface area contributed by atoms with E-state index in [-0.39, 0.29) is 6.61 Å². The Bertz CT molecular complexity index is 1130. The van der Waals surface area contributed by atoms with Gasteiger partial charge in [-0.25, -0.2) is 9.50 Å². The third-order valence-corrected chi connectivity index (χ3v) is 5.90. The van der Waals surface area contributed by atoms with Gasteiger partial charge >= 0.3 is 0 Å². The Kier molecular flexibility index (Phi) is 4.63. The van der Waals surface area contributed by atoms with Gasteiger partial charge in [0.05, 0.1) is 47.7 Å². The minimum Gasteiger partial charge on any atom is -0.396 e. The van der Waals surface area contributed by atoms with Crippen LogP contribution < -0.4 is 0 Å². The van der Waals surface area contributed by atoms with Crippen molar-refractivity contribution in [2.45, 2.75) is 45.2 Å². The lowest BCUT2D eigenvalue weighted by Crippen LogP contribution is -2.11. The average molecular weight is 391 g/mol. The molecule has 5 rings (SSSR count). The second-order valence-electron chi connectivity index (χ2n) is 7.89. The number of aromatic nitrogens is 7. The highest BCUT2D eigenvalue weighted by Crippen LogP contribution is 2.36. The summed E-state index contributed by atoms with van der Waals surface area (Å²) in [4.78, 5) is 4.95. The van der Waals surface area contributed by atoms with E-state index < -0.39 is 0 Å². The molecule has 1 aliphatic rings. The van der Waals surface area contributed by atoms with E-state index in [1.54, 1.807) is 6.20 Å². The van der Waals surface area contributed by atoms with Crippen LogP contribution in [0, 0.1) is 5.92 Å². The minimum absolute atomic E-state index is 0.153. The van der Waals surface area contributed by atoms with E-state index in [1.165, 1.54) is 19.3 Å². The SMILES string of the molecule is CC1CCCC1n1cc(-c2nc(-c3cnn(CCCO)c3)cn3nccc23)cn1. The Balaban J connectivity index is 1.53. The standard InChI is InChI=1S/C21H25N7O/c1-15-4-2-5-19(15)27-13-17(11-24-27)21-20-6-7-22-28(20)14-18(25-21)16-10-23-26(12-16)8-3-9-29/h6-7,10-15,19,29H,2-5,8-9H2,1H3. The second kappa shape index (κ2) is 7.44. The summed E-state index contributed by atoms with van der Waals surface area (Å²) in [7, 11) is 0. The Morgan fingerprint density at radius 1 is 1.07 bits per heavy atom. The van der Waals surface area contributed by atoms with Crippen LogP contribution >= 0.6 is 0 Å². The third kappa shape index (κ3) is 3.33. The zero-order valence-corrected chi connectivity index (χ0v) is 16.5. The van der Waals surface area contributed by atoms with Crippen LogP contribution in [0.2, 0.25) is 0 Å². The molecule has 4 heterocycles. The number of hydrogen-bond acceptors (Lipinski definition) is 5. The quantitative estimate of drug-likeness (QED) is 0.545.